The van der Waals surface area contributed by atoms with Crippen molar-refractivity contribution < 1.29 is 5.11 Å². The third kappa shape index (κ3) is 6.44. The molecule has 0 aliphatic carbocycles. The van der Waals surface area contributed by atoms with Crippen molar-refractivity contribution >= 4 is 0 Å². The van der Waals surface area contributed by atoms with E-state index in [4.69, 9.17) is 0 Å². The largest absolute Gasteiger partial charge is 0.390 e. The smallest absolute Gasteiger partial charge is 0.0793 e. The fraction of sp³-hybridized carbons (Fsp3) is 0.429. The summed E-state index contributed by atoms with van der Waals surface area (Å²) in [6.45, 7) is 8.33. The maximum atomic E-state index is 10.4. The lowest BCUT2D eigenvalue weighted by atomic mass is 10.1. The molecule has 0 bridgehead atoms. The summed E-state index contributed by atoms with van der Waals surface area (Å²) in [6.07, 6.45) is -0.344. The number of hydrogen-bond acceptors (Lipinski definition) is 3. The Labute approximate surface area is 146 Å². The normalized spacial score (nSPS) is 12.8. The van der Waals surface area contributed by atoms with E-state index in [2.05, 4.69) is 79.2 Å². The second-order valence-corrected chi connectivity index (χ2v) is 6.65. The molecule has 0 saturated carbocycles. The van der Waals surface area contributed by atoms with E-state index in [9.17, 15) is 5.11 Å². The van der Waals surface area contributed by atoms with Crippen LogP contribution in [-0.2, 0) is 13.1 Å². The van der Waals surface area contributed by atoms with Gasteiger partial charge in [0.1, 0.15) is 0 Å². The first-order valence-corrected chi connectivity index (χ1v) is 8.75. The van der Waals surface area contributed by atoms with Gasteiger partial charge in [-0.05, 0) is 31.6 Å². The van der Waals surface area contributed by atoms with Crippen LogP contribution in [0.25, 0.3) is 0 Å². The monoisotopic (exact) mass is 326 g/mol. The molecule has 0 spiro atoms. The van der Waals surface area contributed by atoms with Crippen LogP contribution in [0.1, 0.15) is 23.6 Å². The molecular weight excluding hydrogens is 296 g/mol. The van der Waals surface area contributed by atoms with Crippen LogP contribution in [0, 0.1) is 6.92 Å². The lowest BCUT2D eigenvalue weighted by molar-refractivity contribution is 0.0791. The summed E-state index contributed by atoms with van der Waals surface area (Å²) in [5.41, 5.74) is 3.87. The van der Waals surface area contributed by atoms with Gasteiger partial charge in [0.15, 0.2) is 0 Å². The van der Waals surface area contributed by atoms with Crippen molar-refractivity contribution in [1.82, 2.24) is 9.80 Å². The molecule has 0 radical (unpaired) electrons. The predicted octanol–water partition coefficient (Wildman–Crippen LogP) is 3.31. The first kappa shape index (κ1) is 18.7. The molecule has 1 N–H and O–H groups in total. The quantitative estimate of drug-likeness (QED) is 0.766. The minimum absolute atomic E-state index is 0.344. The molecule has 0 aliphatic rings. The zero-order valence-electron chi connectivity index (χ0n) is 15.2. The summed E-state index contributed by atoms with van der Waals surface area (Å²) >= 11 is 0. The lowest BCUT2D eigenvalue weighted by Gasteiger charge is -2.26. The average molecular weight is 326 g/mol. The number of nitrogens with zero attached hydrogens (tertiary/aromatic N) is 2. The van der Waals surface area contributed by atoms with E-state index in [1.54, 1.807) is 0 Å². The molecule has 2 aromatic rings. The molecule has 0 fully saturated rings. The molecule has 130 valence electrons. The summed E-state index contributed by atoms with van der Waals surface area (Å²) < 4.78 is 0. The number of aliphatic hydroxyl groups excluding tert-OH is 1. The zero-order valence-corrected chi connectivity index (χ0v) is 15.2. The third-order valence-corrected chi connectivity index (χ3v) is 4.22. The van der Waals surface area contributed by atoms with Crippen LogP contribution in [0.3, 0.4) is 0 Å². The molecule has 0 amide bonds. The van der Waals surface area contributed by atoms with Crippen molar-refractivity contribution in [3.8, 4) is 0 Å². The molecule has 3 nitrogen and oxygen atoms in total. The molecule has 0 aliphatic heterocycles. The van der Waals surface area contributed by atoms with Crippen molar-refractivity contribution in [2.75, 3.05) is 26.7 Å². The number of aryl methyl sites for hydroxylation is 1. The standard InChI is InChI=1S/C21H30N2O/c1-4-23(15-20-12-8-9-18(2)13-20)17-21(24)16-22(3)14-19-10-6-5-7-11-19/h5-13,21,24H,4,14-17H2,1-3H3. The molecule has 3 heteroatoms. The first-order valence-electron chi connectivity index (χ1n) is 8.75. The van der Waals surface area contributed by atoms with Crippen LogP contribution in [0.15, 0.2) is 54.6 Å². The van der Waals surface area contributed by atoms with Gasteiger partial charge in [0.2, 0.25) is 0 Å². The van der Waals surface area contributed by atoms with Gasteiger partial charge < -0.3 is 5.11 Å². The Morgan fingerprint density at radius 1 is 0.917 bits per heavy atom. The highest BCUT2D eigenvalue weighted by Crippen LogP contribution is 2.09. The van der Waals surface area contributed by atoms with Crippen molar-refractivity contribution in [3.05, 3.63) is 71.3 Å². The molecule has 0 saturated heterocycles. The van der Waals surface area contributed by atoms with Crippen LogP contribution in [0.4, 0.5) is 0 Å². The number of likely N-dealkylation sites (N-methyl/N-ethyl adjacent to an activating group) is 2. The van der Waals surface area contributed by atoms with Crippen molar-refractivity contribution in [3.63, 3.8) is 0 Å². The van der Waals surface area contributed by atoms with E-state index in [-0.39, 0.29) is 6.10 Å². The fourth-order valence-electron chi connectivity index (χ4n) is 3.05. The summed E-state index contributed by atoms with van der Waals surface area (Å²) in [6, 6.07) is 19.0. The Bertz CT molecular complexity index is 600. The van der Waals surface area contributed by atoms with E-state index >= 15 is 0 Å². The third-order valence-electron chi connectivity index (χ3n) is 4.22. The fourth-order valence-corrected chi connectivity index (χ4v) is 3.05. The maximum Gasteiger partial charge on any atom is 0.0793 e. The number of benzene rings is 2. The second-order valence-electron chi connectivity index (χ2n) is 6.65. The van der Waals surface area contributed by atoms with Crippen LogP contribution in [0.5, 0.6) is 0 Å². The summed E-state index contributed by atoms with van der Waals surface area (Å²) in [5, 5.41) is 10.4. The Balaban J connectivity index is 1.81. The van der Waals surface area contributed by atoms with Gasteiger partial charge in [-0.1, -0.05) is 67.1 Å². The van der Waals surface area contributed by atoms with Gasteiger partial charge in [0.25, 0.3) is 0 Å². The first-order chi connectivity index (χ1) is 11.6. The van der Waals surface area contributed by atoms with Crippen molar-refractivity contribution in [1.29, 1.82) is 0 Å². The summed E-state index contributed by atoms with van der Waals surface area (Å²) in [7, 11) is 2.06. The number of aliphatic hydroxyl groups is 1. The van der Waals surface area contributed by atoms with Gasteiger partial charge in [-0.25, -0.2) is 0 Å². The van der Waals surface area contributed by atoms with Gasteiger partial charge in [0, 0.05) is 26.2 Å². The molecule has 2 rings (SSSR count). The lowest BCUT2D eigenvalue weighted by Crippen LogP contribution is -2.38. The summed E-state index contributed by atoms with van der Waals surface area (Å²) in [4.78, 5) is 4.48. The van der Waals surface area contributed by atoms with E-state index in [0.717, 1.165) is 19.6 Å². The van der Waals surface area contributed by atoms with Gasteiger partial charge in [0.05, 0.1) is 6.10 Å². The van der Waals surface area contributed by atoms with Gasteiger partial charge in [-0.2, -0.15) is 0 Å². The SMILES string of the molecule is CCN(Cc1cccc(C)c1)CC(O)CN(C)Cc1ccccc1. The average Bonchev–Trinajstić information content (AvgIpc) is 2.55. The predicted molar refractivity (Wildman–Crippen MR) is 101 cm³/mol. The molecule has 0 aromatic heterocycles. The highest BCUT2D eigenvalue weighted by Gasteiger charge is 2.13. The Hall–Kier alpha value is -1.68. The second kappa shape index (κ2) is 9.58. The van der Waals surface area contributed by atoms with Crippen LogP contribution >= 0.6 is 0 Å². The van der Waals surface area contributed by atoms with Gasteiger partial charge >= 0.3 is 0 Å². The number of rotatable bonds is 9. The van der Waals surface area contributed by atoms with Gasteiger partial charge in [-0.15, -0.1) is 0 Å². The van der Waals surface area contributed by atoms with E-state index in [0.29, 0.717) is 13.1 Å². The highest BCUT2D eigenvalue weighted by molar-refractivity contribution is 5.22. The molecule has 2 aromatic carbocycles. The Morgan fingerprint density at radius 2 is 1.62 bits per heavy atom. The molecule has 24 heavy (non-hydrogen) atoms. The Kier molecular flexibility index (Phi) is 7.44. The topological polar surface area (TPSA) is 26.7 Å². The highest BCUT2D eigenvalue weighted by atomic mass is 16.3. The van der Waals surface area contributed by atoms with Crippen LogP contribution in [-0.4, -0.2) is 47.7 Å². The summed E-state index contributed by atoms with van der Waals surface area (Å²) in [5.74, 6) is 0. The maximum absolute atomic E-state index is 10.4. The molecule has 1 unspecified atom stereocenters. The van der Waals surface area contributed by atoms with Crippen LogP contribution < -0.4 is 0 Å². The Morgan fingerprint density at radius 3 is 2.29 bits per heavy atom. The molecule has 0 heterocycles. The van der Waals surface area contributed by atoms with E-state index in [1.165, 1.54) is 16.7 Å². The van der Waals surface area contributed by atoms with Crippen molar-refractivity contribution in [2.24, 2.45) is 0 Å². The zero-order chi connectivity index (χ0) is 17.4. The number of hydrogen-bond donors (Lipinski definition) is 1. The van der Waals surface area contributed by atoms with Crippen molar-refractivity contribution in [2.45, 2.75) is 33.0 Å². The van der Waals surface area contributed by atoms with E-state index < -0.39 is 0 Å². The van der Waals surface area contributed by atoms with Crippen LogP contribution in [0.2, 0.25) is 0 Å². The molecule has 1 atom stereocenters. The van der Waals surface area contributed by atoms with Gasteiger partial charge in [-0.3, -0.25) is 9.80 Å². The minimum Gasteiger partial charge on any atom is -0.390 e. The molecular formula is C21H30N2O. The van der Waals surface area contributed by atoms with E-state index in [1.807, 2.05) is 6.07 Å². The minimum atomic E-state index is -0.344.